The first-order valence-electron chi connectivity index (χ1n) is 9.50. The van der Waals surface area contributed by atoms with E-state index >= 15 is 0 Å². The molecule has 27 heavy (non-hydrogen) atoms. The van der Waals surface area contributed by atoms with E-state index in [2.05, 4.69) is 10.6 Å². The molecule has 2 amide bonds. The minimum absolute atomic E-state index is 0. The van der Waals surface area contributed by atoms with Gasteiger partial charge in [0.2, 0.25) is 5.91 Å². The zero-order valence-corrected chi connectivity index (χ0v) is 16.1. The molecule has 2 fully saturated rings. The van der Waals surface area contributed by atoms with Gasteiger partial charge in [0.05, 0.1) is 0 Å². The molecule has 2 bridgehead atoms. The van der Waals surface area contributed by atoms with Crippen LogP contribution in [0.2, 0.25) is 0 Å². The highest BCUT2D eigenvalue weighted by Gasteiger charge is 2.30. The maximum Gasteiger partial charge on any atom is 0.251 e. The Balaban J connectivity index is 0.00000210. The van der Waals surface area contributed by atoms with Crippen LogP contribution in [-0.2, 0) is 4.79 Å². The third-order valence-corrected chi connectivity index (χ3v) is 5.51. The predicted octanol–water partition coefficient (Wildman–Crippen LogP) is 2.73. The molecule has 0 aromatic heterocycles. The van der Waals surface area contributed by atoms with Gasteiger partial charge in [0.15, 0.2) is 0 Å². The van der Waals surface area contributed by atoms with Gasteiger partial charge in [-0.15, -0.1) is 12.4 Å². The summed E-state index contributed by atoms with van der Waals surface area (Å²) in [5.41, 5.74) is 0.632. The number of hydrogen-bond acceptors (Lipinski definition) is 3. The lowest BCUT2D eigenvalue weighted by atomic mass is 10.1. The number of halogens is 1. The number of hydrogen-bond donors (Lipinski definition) is 2. The zero-order valence-electron chi connectivity index (χ0n) is 15.3. The number of benzene rings is 2. The summed E-state index contributed by atoms with van der Waals surface area (Å²) in [7, 11) is 0. The molecule has 0 saturated carbocycles. The molecule has 2 aliphatic heterocycles. The molecule has 0 radical (unpaired) electrons. The van der Waals surface area contributed by atoms with Crippen LogP contribution < -0.4 is 10.6 Å². The Bertz CT molecular complexity index is 826. The van der Waals surface area contributed by atoms with E-state index in [0.29, 0.717) is 30.6 Å². The second-order valence-corrected chi connectivity index (χ2v) is 7.33. The van der Waals surface area contributed by atoms with Crippen molar-refractivity contribution in [3.8, 4) is 0 Å². The first-order valence-corrected chi connectivity index (χ1v) is 9.50. The first-order chi connectivity index (χ1) is 12.7. The Morgan fingerprint density at radius 1 is 1.04 bits per heavy atom. The highest BCUT2D eigenvalue weighted by atomic mass is 35.5. The molecule has 2 aliphatic rings. The van der Waals surface area contributed by atoms with Gasteiger partial charge in [-0.05, 0) is 42.2 Å². The van der Waals surface area contributed by atoms with Gasteiger partial charge in [-0.25, -0.2) is 0 Å². The van der Waals surface area contributed by atoms with Crippen molar-refractivity contribution in [2.75, 3.05) is 19.6 Å². The van der Waals surface area contributed by atoms with E-state index in [0.717, 1.165) is 36.7 Å². The highest BCUT2D eigenvalue weighted by molar-refractivity contribution is 5.98. The van der Waals surface area contributed by atoms with E-state index in [4.69, 9.17) is 0 Å². The van der Waals surface area contributed by atoms with Gasteiger partial charge < -0.3 is 15.5 Å². The van der Waals surface area contributed by atoms with Crippen molar-refractivity contribution < 1.29 is 9.59 Å². The van der Waals surface area contributed by atoms with Crippen LogP contribution in [0, 0.1) is 0 Å². The van der Waals surface area contributed by atoms with Gasteiger partial charge in [0.25, 0.3) is 5.91 Å². The number of fused-ring (bicyclic) bond motifs is 3. The van der Waals surface area contributed by atoms with Gasteiger partial charge in [-0.1, -0.05) is 30.3 Å². The molecule has 2 heterocycles. The number of carbonyl (C=O) groups excluding carboxylic acids is 2. The van der Waals surface area contributed by atoms with E-state index in [1.807, 2.05) is 47.4 Å². The molecule has 2 saturated heterocycles. The van der Waals surface area contributed by atoms with E-state index in [1.165, 1.54) is 6.42 Å². The number of amides is 2. The fourth-order valence-electron chi connectivity index (χ4n) is 4.04. The molecule has 2 aromatic rings. The number of nitrogens with one attached hydrogen (secondary N) is 2. The zero-order chi connectivity index (χ0) is 17.9. The van der Waals surface area contributed by atoms with E-state index in [9.17, 15) is 9.59 Å². The second kappa shape index (κ2) is 8.72. The van der Waals surface area contributed by atoms with Crippen LogP contribution in [0.25, 0.3) is 10.8 Å². The summed E-state index contributed by atoms with van der Waals surface area (Å²) in [6.07, 6.45) is 3.78. The third kappa shape index (κ3) is 4.60. The van der Waals surface area contributed by atoms with Crippen LogP contribution in [0.15, 0.2) is 42.5 Å². The first kappa shape index (κ1) is 19.6. The van der Waals surface area contributed by atoms with Crippen molar-refractivity contribution in [2.45, 2.75) is 37.8 Å². The lowest BCUT2D eigenvalue weighted by molar-refractivity contribution is -0.131. The minimum atomic E-state index is -0.125. The molecule has 4 rings (SSSR count). The normalized spacial score (nSPS) is 21.4. The van der Waals surface area contributed by atoms with Crippen molar-refractivity contribution in [1.29, 1.82) is 0 Å². The molecular weight excluding hydrogens is 362 g/mol. The van der Waals surface area contributed by atoms with Gasteiger partial charge in [-0.3, -0.25) is 9.59 Å². The topological polar surface area (TPSA) is 61.4 Å². The molecule has 0 spiro atoms. The van der Waals surface area contributed by atoms with Gasteiger partial charge in [-0.2, -0.15) is 0 Å². The third-order valence-electron chi connectivity index (χ3n) is 5.51. The second-order valence-electron chi connectivity index (χ2n) is 7.33. The van der Waals surface area contributed by atoms with Crippen LogP contribution in [0.4, 0.5) is 0 Å². The summed E-state index contributed by atoms with van der Waals surface area (Å²) < 4.78 is 0. The van der Waals surface area contributed by atoms with Crippen molar-refractivity contribution in [1.82, 2.24) is 15.5 Å². The number of likely N-dealkylation sites (tertiary alicyclic amines) is 1. The molecule has 6 heteroatoms. The van der Waals surface area contributed by atoms with E-state index in [-0.39, 0.29) is 24.2 Å². The fourth-order valence-corrected chi connectivity index (χ4v) is 4.04. The van der Waals surface area contributed by atoms with Crippen molar-refractivity contribution in [3.05, 3.63) is 48.0 Å². The van der Waals surface area contributed by atoms with Crippen molar-refractivity contribution >= 4 is 35.0 Å². The Morgan fingerprint density at radius 2 is 1.81 bits per heavy atom. The maximum atomic E-state index is 12.5. The Morgan fingerprint density at radius 3 is 2.67 bits per heavy atom. The van der Waals surface area contributed by atoms with Crippen LogP contribution in [0.3, 0.4) is 0 Å². The SMILES string of the molecule is Cl.O=C(NCCC(=O)N1CCC2CCC(C1)N2)c1ccc2ccccc2c1. The number of nitrogens with zero attached hydrogens (tertiary/aromatic N) is 1. The average molecular weight is 388 g/mol. The van der Waals surface area contributed by atoms with Crippen LogP contribution in [0.5, 0.6) is 0 Å². The molecule has 5 nitrogen and oxygen atoms in total. The van der Waals surface area contributed by atoms with Gasteiger partial charge in [0, 0.05) is 43.7 Å². The lowest BCUT2D eigenvalue weighted by Gasteiger charge is -2.24. The predicted molar refractivity (Wildman–Crippen MR) is 109 cm³/mol. The smallest absolute Gasteiger partial charge is 0.251 e. The lowest BCUT2D eigenvalue weighted by Crippen LogP contribution is -2.40. The molecule has 144 valence electrons. The monoisotopic (exact) mass is 387 g/mol. The molecule has 2 unspecified atom stereocenters. The number of rotatable bonds is 4. The summed E-state index contributed by atoms with van der Waals surface area (Å²) in [5, 5.41) is 8.62. The molecule has 2 aromatic carbocycles. The maximum absolute atomic E-state index is 12.5. The van der Waals surface area contributed by atoms with Gasteiger partial charge >= 0.3 is 0 Å². The molecule has 2 N–H and O–H groups in total. The largest absolute Gasteiger partial charge is 0.352 e. The summed E-state index contributed by atoms with van der Waals surface area (Å²) in [4.78, 5) is 26.8. The molecular formula is C21H26ClN3O2. The van der Waals surface area contributed by atoms with Crippen molar-refractivity contribution in [2.24, 2.45) is 0 Å². The minimum Gasteiger partial charge on any atom is -0.352 e. The Hall–Kier alpha value is -2.11. The quantitative estimate of drug-likeness (QED) is 0.848. The summed E-state index contributed by atoms with van der Waals surface area (Å²) in [6, 6.07) is 14.7. The van der Waals surface area contributed by atoms with Crippen LogP contribution in [-0.4, -0.2) is 48.4 Å². The molecule has 0 aliphatic carbocycles. The summed E-state index contributed by atoms with van der Waals surface area (Å²) >= 11 is 0. The molecule has 2 atom stereocenters. The van der Waals surface area contributed by atoms with Crippen molar-refractivity contribution in [3.63, 3.8) is 0 Å². The van der Waals surface area contributed by atoms with Gasteiger partial charge in [0.1, 0.15) is 0 Å². The average Bonchev–Trinajstić information content (AvgIpc) is 2.99. The van der Waals surface area contributed by atoms with E-state index < -0.39 is 0 Å². The fraction of sp³-hybridized carbons (Fsp3) is 0.429. The number of carbonyl (C=O) groups is 2. The Kier molecular flexibility index (Phi) is 6.34. The Labute approximate surface area is 165 Å². The van der Waals surface area contributed by atoms with E-state index in [1.54, 1.807) is 0 Å². The highest BCUT2D eigenvalue weighted by Crippen LogP contribution is 2.20. The standard InChI is InChI=1S/C21H25N3O2.ClH/c25-20(24-12-10-18-7-8-19(14-24)23-18)9-11-22-21(26)17-6-5-15-3-1-2-4-16(15)13-17;/h1-6,13,18-19,23H,7-12,14H2,(H,22,26);1H. The van der Waals surface area contributed by atoms with Crippen LogP contribution >= 0.6 is 12.4 Å². The van der Waals surface area contributed by atoms with Crippen LogP contribution in [0.1, 0.15) is 36.0 Å². The summed E-state index contributed by atoms with van der Waals surface area (Å²) in [6.45, 7) is 2.00. The summed E-state index contributed by atoms with van der Waals surface area (Å²) in [5.74, 6) is 0.0123.